The topological polar surface area (TPSA) is 79.8 Å². The van der Waals surface area contributed by atoms with Crippen LogP contribution in [0.5, 0.6) is 5.75 Å². The first-order valence-electron chi connectivity index (χ1n) is 10.3. The van der Waals surface area contributed by atoms with Crippen molar-refractivity contribution in [2.45, 2.75) is 6.61 Å². The van der Waals surface area contributed by atoms with Gasteiger partial charge in [0.2, 0.25) is 0 Å². The second kappa shape index (κ2) is 10.4. The average molecular weight is 459 g/mol. The maximum absolute atomic E-state index is 13.2. The minimum atomic E-state index is -0.991. The van der Waals surface area contributed by atoms with E-state index >= 15 is 0 Å². The summed E-state index contributed by atoms with van der Waals surface area (Å²) in [6.45, 7) is 0.200. The van der Waals surface area contributed by atoms with Crippen LogP contribution < -0.4 is 15.5 Å². The lowest BCUT2D eigenvalue weighted by Crippen LogP contribution is -2.32. The Bertz CT molecular complexity index is 1350. The summed E-state index contributed by atoms with van der Waals surface area (Å²) in [6, 6.07) is 22.2. The molecule has 6 nitrogen and oxygen atoms in total. The summed E-state index contributed by atoms with van der Waals surface area (Å²) in [5.74, 6) is -2.23. The molecule has 170 valence electrons. The summed E-state index contributed by atoms with van der Waals surface area (Å²) < 4.78 is 32.1. The minimum Gasteiger partial charge on any atom is -0.488 e. The highest BCUT2D eigenvalue weighted by atomic mass is 19.1. The van der Waals surface area contributed by atoms with E-state index in [-0.39, 0.29) is 18.1 Å². The van der Waals surface area contributed by atoms with Gasteiger partial charge >= 0.3 is 11.8 Å². The van der Waals surface area contributed by atoms with Gasteiger partial charge in [-0.25, -0.2) is 14.2 Å². The van der Waals surface area contributed by atoms with Crippen molar-refractivity contribution in [3.8, 4) is 5.75 Å². The Balaban J connectivity index is 1.49. The predicted octanol–water partition coefficient (Wildman–Crippen LogP) is 4.79. The van der Waals surface area contributed by atoms with E-state index in [0.29, 0.717) is 11.3 Å². The fourth-order valence-corrected chi connectivity index (χ4v) is 3.20. The van der Waals surface area contributed by atoms with Crippen LogP contribution in [0.1, 0.15) is 11.1 Å². The molecule has 0 saturated carbocycles. The first-order chi connectivity index (χ1) is 16.5. The molecule has 0 unspecified atom stereocenters. The van der Waals surface area contributed by atoms with Gasteiger partial charge in [0.15, 0.2) is 0 Å². The Morgan fingerprint density at radius 2 is 1.50 bits per heavy atom. The molecule has 34 heavy (non-hydrogen) atoms. The molecule has 0 spiro atoms. The van der Waals surface area contributed by atoms with E-state index in [1.807, 2.05) is 30.3 Å². The number of ether oxygens (including phenoxy) is 1. The molecule has 2 N–H and O–H groups in total. The quantitative estimate of drug-likeness (QED) is 0.247. The first-order valence-corrected chi connectivity index (χ1v) is 10.3. The molecule has 4 aromatic rings. The summed E-state index contributed by atoms with van der Waals surface area (Å²) in [6.07, 6.45) is 1.39. The van der Waals surface area contributed by atoms with E-state index in [2.05, 4.69) is 15.8 Å². The zero-order valence-corrected chi connectivity index (χ0v) is 17.8. The molecular formula is C26H19F2N3O3. The van der Waals surface area contributed by atoms with Crippen LogP contribution in [0.25, 0.3) is 10.8 Å². The van der Waals surface area contributed by atoms with Crippen molar-refractivity contribution in [1.82, 2.24) is 5.43 Å². The van der Waals surface area contributed by atoms with Gasteiger partial charge in [0.05, 0.1) is 6.21 Å². The van der Waals surface area contributed by atoms with Crippen molar-refractivity contribution in [2.24, 2.45) is 5.10 Å². The third-order valence-corrected chi connectivity index (χ3v) is 4.91. The van der Waals surface area contributed by atoms with E-state index in [4.69, 9.17) is 4.74 Å². The number of amides is 2. The first kappa shape index (κ1) is 22.6. The van der Waals surface area contributed by atoms with Gasteiger partial charge in [-0.05, 0) is 58.8 Å². The highest BCUT2D eigenvalue weighted by Crippen LogP contribution is 2.27. The number of nitrogens with zero attached hydrogens (tertiary/aromatic N) is 1. The Labute approximate surface area is 193 Å². The highest BCUT2D eigenvalue weighted by molar-refractivity contribution is 6.39. The van der Waals surface area contributed by atoms with Crippen molar-refractivity contribution in [3.63, 3.8) is 0 Å². The lowest BCUT2D eigenvalue weighted by Gasteiger charge is -2.12. The van der Waals surface area contributed by atoms with Gasteiger partial charge in [-0.2, -0.15) is 5.10 Å². The number of carbonyl (C=O) groups is 2. The summed E-state index contributed by atoms with van der Waals surface area (Å²) in [5.41, 5.74) is 3.83. The van der Waals surface area contributed by atoms with Crippen molar-refractivity contribution in [2.75, 3.05) is 5.32 Å². The maximum Gasteiger partial charge on any atom is 0.329 e. The lowest BCUT2D eigenvalue weighted by molar-refractivity contribution is -0.136. The molecule has 0 aromatic heterocycles. The molecule has 0 heterocycles. The predicted molar refractivity (Wildman–Crippen MR) is 125 cm³/mol. The van der Waals surface area contributed by atoms with Crippen LogP contribution in [-0.2, 0) is 16.2 Å². The Kier molecular flexibility index (Phi) is 6.88. The zero-order chi connectivity index (χ0) is 23.9. The van der Waals surface area contributed by atoms with Gasteiger partial charge in [-0.1, -0.05) is 42.5 Å². The molecule has 0 saturated heterocycles. The van der Waals surface area contributed by atoms with Crippen LogP contribution in [0, 0.1) is 11.6 Å². The third kappa shape index (κ3) is 5.60. The molecule has 8 heteroatoms. The number of benzene rings is 4. The van der Waals surface area contributed by atoms with Gasteiger partial charge in [0.25, 0.3) is 0 Å². The maximum atomic E-state index is 13.2. The second-order valence-electron chi connectivity index (χ2n) is 7.27. The highest BCUT2D eigenvalue weighted by Gasteiger charge is 2.13. The molecule has 0 fully saturated rings. The molecule has 2 amide bonds. The summed E-state index contributed by atoms with van der Waals surface area (Å²) in [5, 5.41) is 8.03. The van der Waals surface area contributed by atoms with Gasteiger partial charge in [0.1, 0.15) is 24.0 Å². The Hall–Kier alpha value is -4.59. The number of hydrazone groups is 1. The summed E-state index contributed by atoms with van der Waals surface area (Å²) >= 11 is 0. The SMILES string of the molecule is O=C(NN=Cc1c(OCc2ccc(F)cc2)ccc2ccccc12)C(=O)Nc1ccc(F)cc1. The molecule has 0 aliphatic rings. The van der Waals surface area contributed by atoms with Gasteiger partial charge in [-0.3, -0.25) is 9.59 Å². The van der Waals surface area contributed by atoms with Crippen LogP contribution in [-0.4, -0.2) is 18.0 Å². The van der Waals surface area contributed by atoms with Crippen LogP contribution in [0.3, 0.4) is 0 Å². The fraction of sp³-hybridized carbons (Fsp3) is 0.0385. The Morgan fingerprint density at radius 1 is 0.824 bits per heavy atom. The molecule has 4 aromatic carbocycles. The average Bonchev–Trinajstić information content (AvgIpc) is 2.85. The van der Waals surface area contributed by atoms with E-state index in [0.717, 1.165) is 16.3 Å². The lowest BCUT2D eigenvalue weighted by atomic mass is 10.0. The zero-order valence-electron chi connectivity index (χ0n) is 17.8. The number of carbonyl (C=O) groups excluding carboxylic acids is 2. The number of nitrogens with one attached hydrogen (secondary N) is 2. The number of fused-ring (bicyclic) bond motifs is 1. The monoisotopic (exact) mass is 459 g/mol. The minimum absolute atomic E-state index is 0.200. The Morgan fingerprint density at radius 3 is 2.24 bits per heavy atom. The largest absolute Gasteiger partial charge is 0.488 e. The van der Waals surface area contributed by atoms with E-state index in [9.17, 15) is 18.4 Å². The van der Waals surface area contributed by atoms with E-state index in [1.54, 1.807) is 18.2 Å². The van der Waals surface area contributed by atoms with Crippen molar-refractivity contribution in [3.05, 3.63) is 108 Å². The normalized spacial score (nSPS) is 10.9. The van der Waals surface area contributed by atoms with Crippen LogP contribution in [0.4, 0.5) is 14.5 Å². The third-order valence-electron chi connectivity index (χ3n) is 4.91. The molecule has 0 aliphatic heterocycles. The number of halogens is 2. The van der Waals surface area contributed by atoms with Crippen molar-refractivity contribution < 1.29 is 23.1 Å². The molecule has 0 aliphatic carbocycles. The summed E-state index contributed by atoms with van der Waals surface area (Å²) in [4.78, 5) is 24.2. The van der Waals surface area contributed by atoms with Gasteiger partial charge in [-0.15, -0.1) is 0 Å². The van der Waals surface area contributed by atoms with Crippen molar-refractivity contribution in [1.29, 1.82) is 0 Å². The van der Waals surface area contributed by atoms with Crippen LogP contribution >= 0.6 is 0 Å². The van der Waals surface area contributed by atoms with Crippen LogP contribution in [0.15, 0.2) is 90.0 Å². The fourth-order valence-electron chi connectivity index (χ4n) is 3.20. The van der Waals surface area contributed by atoms with E-state index in [1.165, 1.54) is 42.6 Å². The molecule has 0 radical (unpaired) electrons. The second-order valence-corrected chi connectivity index (χ2v) is 7.27. The number of rotatable bonds is 6. The summed E-state index contributed by atoms with van der Waals surface area (Å²) in [7, 11) is 0. The van der Waals surface area contributed by atoms with Crippen molar-refractivity contribution >= 4 is 34.5 Å². The number of hydrogen-bond donors (Lipinski definition) is 2. The smallest absolute Gasteiger partial charge is 0.329 e. The number of anilines is 1. The van der Waals surface area contributed by atoms with E-state index < -0.39 is 17.6 Å². The molecule has 0 bridgehead atoms. The van der Waals surface area contributed by atoms with Gasteiger partial charge < -0.3 is 10.1 Å². The van der Waals surface area contributed by atoms with Crippen LogP contribution in [0.2, 0.25) is 0 Å². The molecule has 4 rings (SSSR count). The molecule has 0 atom stereocenters. The standard InChI is InChI=1S/C26H19F2N3O3/c27-19-8-5-17(6-9-19)16-34-24-14-7-18-3-1-2-4-22(18)23(24)15-29-31-26(33)25(32)30-21-12-10-20(28)11-13-21/h1-15H,16H2,(H,30,32)(H,31,33). The number of hydrogen-bond acceptors (Lipinski definition) is 4. The molecular weight excluding hydrogens is 440 g/mol. The van der Waals surface area contributed by atoms with Gasteiger partial charge in [0, 0.05) is 11.3 Å².